The Balaban J connectivity index is 1.87. The summed E-state index contributed by atoms with van der Waals surface area (Å²) < 4.78 is 0. The summed E-state index contributed by atoms with van der Waals surface area (Å²) in [6, 6.07) is 7.18. The van der Waals surface area contributed by atoms with E-state index in [9.17, 15) is 14.4 Å². The summed E-state index contributed by atoms with van der Waals surface area (Å²) in [7, 11) is 0. The van der Waals surface area contributed by atoms with E-state index >= 15 is 0 Å². The maximum atomic E-state index is 12.3. The average molecular weight is 345 g/mol. The fraction of sp³-hybridized carbons (Fsp3) is 0.526. The molecule has 1 fully saturated rings. The number of hydrogen-bond donors (Lipinski definition) is 3. The van der Waals surface area contributed by atoms with Crippen molar-refractivity contribution in [3.8, 4) is 0 Å². The number of rotatable bonds is 7. The van der Waals surface area contributed by atoms with Crippen molar-refractivity contribution in [1.29, 1.82) is 0 Å². The Morgan fingerprint density at radius 1 is 1.08 bits per heavy atom. The molecule has 0 unspecified atom stereocenters. The van der Waals surface area contributed by atoms with Crippen molar-refractivity contribution in [2.24, 2.45) is 11.7 Å². The molecule has 1 aliphatic rings. The third-order valence-corrected chi connectivity index (χ3v) is 4.67. The van der Waals surface area contributed by atoms with Gasteiger partial charge in [0.2, 0.25) is 17.7 Å². The maximum Gasteiger partial charge on any atom is 0.244 e. The van der Waals surface area contributed by atoms with Gasteiger partial charge < -0.3 is 16.4 Å². The van der Waals surface area contributed by atoms with Crippen LogP contribution in [-0.2, 0) is 14.4 Å². The number of benzene rings is 1. The Labute approximate surface area is 148 Å². The minimum Gasteiger partial charge on any atom is -0.368 e. The molecular formula is C19H27N3O3. The van der Waals surface area contributed by atoms with Crippen LogP contribution in [0.4, 0.5) is 0 Å². The van der Waals surface area contributed by atoms with Crippen molar-refractivity contribution in [3.05, 3.63) is 35.9 Å². The molecule has 0 heterocycles. The molecule has 6 nitrogen and oxygen atoms in total. The first-order valence-electron chi connectivity index (χ1n) is 8.91. The summed E-state index contributed by atoms with van der Waals surface area (Å²) >= 11 is 0. The van der Waals surface area contributed by atoms with Crippen LogP contribution < -0.4 is 16.4 Å². The Bertz CT molecular complexity index is 597. The van der Waals surface area contributed by atoms with Crippen molar-refractivity contribution in [3.63, 3.8) is 0 Å². The largest absolute Gasteiger partial charge is 0.368 e. The van der Waals surface area contributed by atoms with Gasteiger partial charge >= 0.3 is 0 Å². The Morgan fingerprint density at radius 2 is 1.72 bits per heavy atom. The van der Waals surface area contributed by atoms with Crippen molar-refractivity contribution in [1.82, 2.24) is 10.6 Å². The van der Waals surface area contributed by atoms with E-state index in [2.05, 4.69) is 10.6 Å². The maximum absolute atomic E-state index is 12.3. The summed E-state index contributed by atoms with van der Waals surface area (Å²) in [5, 5.41) is 5.33. The zero-order valence-electron chi connectivity index (χ0n) is 14.7. The molecule has 6 heteroatoms. The first-order chi connectivity index (χ1) is 12.0. The predicted octanol–water partition coefficient (Wildman–Crippen LogP) is 1.80. The van der Waals surface area contributed by atoms with E-state index < -0.39 is 23.9 Å². The summed E-state index contributed by atoms with van der Waals surface area (Å²) in [5.74, 6) is -0.776. The van der Waals surface area contributed by atoms with Gasteiger partial charge in [0.1, 0.15) is 12.1 Å². The van der Waals surface area contributed by atoms with Crippen LogP contribution >= 0.6 is 0 Å². The smallest absolute Gasteiger partial charge is 0.244 e. The molecule has 1 saturated carbocycles. The van der Waals surface area contributed by atoms with Crippen LogP contribution in [0.15, 0.2) is 30.3 Å². The fourth-order valence-corrected chi connectivity index (χ4v) is 3.25. The summed E-state index contributed by atoms with van der Waals surface area (Å²) in [5.41, 5.74) is 6.02. The number of hydrogen-bond acceptors (Lipinski definition) is 3. The quantitative estimate of drug-likeness (QED) is 0.702. The minimum atomic E-state index is -0.911. The molecule has 1 aromatic carbocycles. The van der Waals surface area contributed by atoms with Crippen LogP contribution in [0.25, 0.3) is 0 Å². The van der Waals surface area contributed by atoms with Crippen LogP contribution in [0.3, 0.4) is 0 Å². The zero-order chi connectivity index (χ0) is 18.2. The highest BCUT2D eigenvalue weighted by Gasteiger charge is 2.25. The van der Waals surface area contributed by atoms with Gasteiger partial charge in [0, 0.05) is 6.42 Å². The van der Waals surface area contributed by atoms with E-state index in [1.807, 2.05) is 6.07 Å². The topological polar surface area (TPSA) is 101 Å². The zero-order valence-corrected chi connectivity index (χ0v) is 14.7. The molecule has 1 aliphatic carbocycles. The van der Waals surface area contributed by atoms with Crippen LogP contribution in [0, 0.1) is 5.92 Å². The van der Waals surface area contributed by atoms with E-state index in [-0.39, 0.29) is 5.91 Å². The second-order valence-electron chi connectivity index (χ2n) is 6.75. The fourth-order valence-electron chi connectivity index (χ4n) is 3.25. The molecule has 25 heavy (non-hydrogen) atoms. The second kappa shape index (κ2) is 9.20. The Morgan fingerprint density at radius 3 is 2.32 bits per heavy atom. The molecule has 0 aromatic heterocycles. The van der Waals surface area contributed by atoms with Gasteiger partial charge in [-0.2, -0.15) is 0 Å². The van der Waals surface area contributed by atoms with E-state index in [1.54, 1.807) is 31.2 Å². The lowest BCUT2D eigenvalue weighted by molar-refractivity contribution is -0.131. The van der Waals surface area contributed by atoms with E-state index in [1.165, 1.54) is 19.3 Å². The van der Waals surface area contributed by atoms with E-state index in [0.717, 1.165) is 12.8 Å². The molecule has 0 aliphatic heterocycles. The predicted molar refractivity (Wildman–Crippen MR) is 95.3 cm³/mol. The first kappa shape index (κ1) is 19.0. The van der Waals surface area contributed by atoms with Crippen molar-refractivity contribution in [2.45, 2.75) is 57.5 Å². The van der Waals surface area contributed by atoms with Gasteiger partial charge in [-0.15, -0.1) is 0 Å². The van der Waals surface area contributed by atoms with Crippen molar-refractivity contribution in [2.75, 3.05) is 0 Å². The lowest BCUT2D eigenvalue weighted by atomic mass is 9.87. The Kier molecular flexibility index (Phi) is 6.98. The monoisotopic (exact) mass is 345 g/mol. The highest BCUT2D eigenvalue weighted by Crippen LogP contribution is 2.26. The van der Waals surface area contributed by atoms with Gasteiger partial charge in [0.15, 0.2) is 0 Å². The molecule has 0 bridgehead atoms. The number of amides is 3. The highest BCUT2D eigenvalue weighted by atomic mass is 16.2. The summed E-state index contributed by atoms with van der Waals surface area (Å²) in [6.45, 7) is 1.61. The molecule has 2 atom stereocenters. The number of carbonyl (C=O) groups is 3. The van der Waals surface area contributed by atoms with Gasteiger partial charge in [-0.05, 0) is 31.2 Å². The van der Waals surface area contributed by atoms with Crippen LogP contribution in [0.2, 0.25) is 0 Å². The SMILES string of the molecule is C[C@H](NC(=O)CC1CCCCC1)C(=O)N[C@@H](C(N)=O)c1ccccc1. The molecule has 136 valence electrons. The lowest BCUT2D eigenvalue weighted by Crippen LogP contribution is -2.48. The van der Waals surface area contributed by atoms with Gasteiger partial charge in [-0.25, -0.2) is 0 Å². The molecule has 0 saturated heterocycles. The van der Waals surface area contributed by atoms with E-state index in [0.29, 0.717) is 17.9 Å². The second-order valence-corrected chi connectivity index (χ2v) is 6.75. The Hall–Kier alpha value is -2.37. The third-order valence-electron chi connectivity index (χ3n) is 4.67. The van der Waals surface area contributed by atoms with Gasteiger partial charge in [-0.1, -0.05) is 49.6 Å². The standard InChI is InChI=1S/C19H27N3O3/c1-13(21-16(23)12-14-8-4-2-5-9-14)19(25)22-17(18(20)24)15-10-6-3-7-11-15/h3,6-7,10-11,13-14,17H,2,4-5,8-9,12H2,1H3,(H2,20,24)(H,21,23)(H,22,25)/t13-,17+/m0/s1. The van der Waals surface area contributed by atoms with E-state index in [4.69, 9.17) is 5.73 Å². The number of primary amides is 1. The molecule has 0 radical (unpaired) electrons. The van der Waals surface area contributed by atoms with Crippen LogP contribution in [-0.4, -0.2) is 23.8 Å². The molecule has 4 N–H and O–H groups in total. The average Bonchev–Trinajstić information content (AvgIpc) is 2.60. The molecular weight excluding hydrogens is 318 g/mol. The number of nitrogens with two attached hydrogens (primary N) is 1. The molecule has 2 rings (SSSR count). The van der Waals surface area contributed by atoms with Gasteiger partial charge in [0.25, 0.3) is 0 Å². The summed E-state index contributed by atoms with van der Waals surface area (Å²) in [6.07, 6.45) is 6.19. The highest BCUT2D eigenvalue weighted by molar-refractivity contribution is 5.91. The lowest BCUT2D eigenvalue weighted by Gasteiger charge is -2.23. The number of nitrogens with one attached hydrogen (secondary N) is 2. The molecule has 3 amide bonds. The van der Waals surface area contributed by atoms with Crippen LogP contribution in [0.5, 0.6) is 0 Å². The van der Waals surface area contributed by atoms with Gasteiger partial charge in [-0.3, -0.25) is 14.4 Å². The molecule has 1 aromatic rings. The van der Waals surface area contributed by atoms with Crippen molar-refractivity contribution >= 4 is 17.7 Å². The van der Waals surface area contributed by atoms with Crippen molar-refractivity contribution < 1.29 is 14.4 Å². The number of carbonyl (C=O) groups excluding carboxylic acids is 3. The minimum absolute atomic E-state index is 0.120. The van der Waals surface area contributed by atoms with Gasteiger partial charge in [0.05, 0.1) is 0 Å². The molecule has 0 spiro atoms. The van der Waals surface area contributed by atoms with Crippen LogP contribution in [0.1, 0.15) is 57.1 Å². The third kappa shape index (κ3) is 5.89. The summed E-state index contributed by atoms with van der Waals surface area (Å²) in [4.78, 5) is 36.1. The first-order valence-corrected chi connectivity index (χ1v) is 8.91. The normalized spacial score (nSPS) is 17.3.